The summed E-state index contributed by atoms with van der Waals surface area (Å²) < 4.78 is 19.3. The molecule has 1 atom stereocenters. The monoisotopic (exact) mass is 245 g/mol. The van der Waals surface area contributed by atoms with Crippen LogP contribution in [0.15, 0.2) is 48.5 Å². The van der Waals surface area contributed by atoms with E-state index in [0.717, 1.165) is 5.56 Å². The van der Waals surface area contributed by atoms with Crippen molar-refractivity contribution in [3.63, 3.8) is 0 Å². The Hall–Kier alpha value is -1.87. The number of hydrogen-bond acceptors (Lipinski definition) is 2. The molecule has 2 rings (SSSR count). The summed E-state index contributed by atoms with van der Waals surface area (Å²) >= 11 is 0. The number of ether oxygens (including phenoxy) is 1. The zero-order chi connectivity index (χ0) is 13.0. The van der Waals surface area contributed by atoms with E-state index in [4.69, 9.17) is 10.5 Å². The standard InChI is InChI=1S/C15H16FNO/c1-11(12-6-3-2-4-7-12)18-15-9-5-8-14(16)13(15)10-17/h2-9,11H,10,17H2,1H3. The van der Waals surface area contributed by atoms with Crippen LogP contribution in [0.2, 0.25) is 0 Å². The van der Waals surface area contributed by atoms with E-state index in [9.17, 15) is 4.39 Å². The van der Waals surface area contributed by atoms with Gasteiger partial charge in [0.25, 0.3) is 0 Å². The van der Waals surface area contributed by atoms with Crippen LogP contribution in [0.3, 0.4) is 0 Å². The maximum Gasteiger partial charge on any atom is 0.131 e. The average molecular weight is 245 g/mol. The molecule has 0 aliphatic heterocycles. The van der Waals surface area contributed by atoms with Gasteiger partial charge < -0.3 is 10.5 Å². The lowest BCUT2D eigenvalue weighted by Crippen LogP contribution is -2.08. The Bertz CT molecular complexity index is 513. The van der Waals surface area contributed by atoms with Crippen molar-refractivity contribution in [1.29, 1.82) is 0 Å². The van der Waals surface area contributed by atoms with Crippen LogP contribution >= 0.6 is 0 Å². The van der Waals surface area contributed by atoms with Gasteiger partial charge in [-0.05, 0) is 24.6 Å². The normalized spacial score (nSPS) is 12.2. The fraction of sp³-hybridized carbons (Fsp3) is 0.200. The molecule has 0 bridgehead atoms. The Labute approximate surface area is 106 Å². The molecule has 0 aliphatic carbocycles. The van der Waals surface area contributed by atoms with Crippen molar-refractivity contribution in [3.8, 4) is 5.75 Å². The second-order valence-corrected chi connectivity index (χ2v) is 4.09. The molecule has 2 nitrogen and oxygen atoms in total. The van der Waals surface area contributed by atoms with Gasteiger partial charge in [-0.1, -0.05) is 36.4 Å². The van der Waals surface area contributed by atoms with Crippen molar-refractivity contribution in [2.75, 3.05) is 0 Å². The lowest BCUT2D eigenvalue weighted by atomic mass is 10.1. The van der Waals surface area contributed by atoms with Gasteiger partial charge in [-0.3, -0.25) is 0 Å². The molecule has 2 aromatic carbocycles. The number of halogens is 1. The van der Waals surface area contributed by atoms with Gasteiger partial charge in [0.05, 0.1) is 0 Å². The van der Waals surface area contributed by atoms with Crippen LogP contribution in [-0.2, 0) is 6.54 Å². The summed E-state index contributed by atoms with van der Waals surface area (Å²) in [6.07, 6.45) is -0.140. The SMILES string of the molecule is CC(Oc1cccc(F)c1CN)c1ccccc1. The van der Waals surface area contributed by atoms with E-state index < -0.39 is 0 Å². The van der Waals surface area contributed by atoms with Crippen LogP contribution in [0.5, 0.6) is 5.75 Å². The quantitative estimate of drug-likeness (QED) is 0.895. The minimum Gasteiger partial charge on any atom is -0.486 e. The van der Waals surface area contributed by atoms with E-state index in [-0.39, 0.29) is 18.5 Å². The van der Waals surface area contributed by atoms with Gasteiger partial charge in [0, 0.05) is 12.1 Å². The molecular weight excluding hydrogens is 229 g/mol. The Morgan fingerprint density at radius 2 is 1.83 bits per heavy atom. The fourth-order valence-corrected chi connectivity index (χ4v) is 1.83. The highest BCUT2D eigenvalue weighted by Gasteiger charge is 2.12. The zero-order valence-electron chi connectivity index (χ0n) is 10.3. The molecule has 0 aromatic heterocycles. The van der Waals surface area contributed by atoms with Gasteiger partial charge in [-0.25, -0.2) is 4.39 Å². The van der Waals surface area contributed by atoms with E-state index in [0.29, 0.717) is 11.3 Å². The van der Waals surface area contributed by atoms with E-state index in [1.807, 2.05) is 37.3 Å². The molecule has 94 valence electrons. The van der Waals surface area contributed by atoms with Gasteiger partial charge >= 0.3 is 0 Å². The smallest absolute Gasteiger partial charge is 0.131 e. The summed E-state index contributed by atoms with van der Waals surface area (Å²) in [7, 11) is 0. The van der Waals surface area contributed by atoms with Crippen molar-refractivity contribution < 1.29 is 9.13 Å². The van der Waals surface area contributed by atoms with Gasteiger partial charge in [0.1, 0.15) is 17.7 Å². The molecule has 0 radical (unpaired) electrons. The molecule has 0 heterocycles. The highest BCUT2D eigenvalue weighted by atomic mass is 19.1. The predicted molar refractivity (Wildman–Crippen MR) is 69.8 cm³/mol. The lowest BCUT2D eigenvalue weighted by Gasteiger charge is -2.17. The molecular formula is C15H16FNO. The Balaban J connectivity index is 2.22. The minimum absolute atomic E-state index is 0.128. The first-order valence-electron chi connectivity index (χ1n) is 5.91. The van der Waals surface area contributed by atoms with Crippen LogP contribution in [0, 0.1) is 5.82 Å². The van der Waals surface area contributed by atoms with Crippen LogP contribution in [0.4, 0.5) is 4.39 Å². The number of rotatable bonds is 4. The molecule has 0 spiro atoms. The fourth-order valence-electron chi connectivity index (χ4n) is 1.83. The summed E-state index contributed by atoms with van der Waals surface area (Å²) in [5.41, 5.74) is 7.01. The Kier molecular flexibility index (Phi) is 3.95. The minimum atomic E-state index is -0.324. The first kappa shape index (κ1) is 12.6. The van der Waals surface area contributed by atoms with Gasteiger partial charge in [0.2, 0.25) is 0 Å². The highest BCUT2D eigenvalue weighted by Crippen LogP contribution is 2.26. The van der Waals surface area contributed by atoms with Crippen molar-refractivity contribution in [1.82, 2.24) is 0 Å². The molecule has 0 fully saturated rings. The Morgan fingerprint density at radius 1 is 1.11 bits per heavy atom. The molecule has 0 saturated carbocycles. The van der Waals surface area contributed by atoms with Crippen molar-refractivity contribution >= 4 is 0 Å². The largest absolute Gasteiger partial charge is 0.486 e. The van der Waals surface area contributed by atoms with Crippen LogP contribution in [0.25, 0.3) is 0 Å². The third kappa shape index (κ3) is 2.68. The zero-order valence-corrected chi connectivity index (χ0v) is 10.3. The maximum absolute atomic E-state index is 13.5. The van der Waals surface area contributed by atoms with Gasteiger partial charge in [-0.2, -0.15) is 0 Å². The molecule has 2 aromatic rings. The van der Waals surface area contributed by atoms with E-state index in [1.165, 1.54) is 6.07 Å². The first-order valence-corrected chi connectivity index (χ1v) is 5.91. The number of nitrogens with two attached hydrogens (primary N) is 1. The molecule has 0 aliphatic rings. The summed E-state index contributed by atoms with van der Waals surface area (Å²) in [6.45, 7) is 2.06. The van der Waals surface area contributed by atoms with E-state index in [2.05, 4.69) is 0 Å². The summed E-state index contributed by atoms with van der Waals surface area (Å²) in [6, 6.07) is 14.6. The molecule has 3 heteroatoms. The highest BCUT2D eigenvalue weighted by molar-refractivity contribution is 5.35. The molecule has 1 unspecified atom stereocenters. The predicted octanol–water partition coefficient (Wildman–Crippen LogP) is 3.42. The topological polar surface area (TPSA) is 35.2 Å². The molecule has 0 saturated heterocycles. The Morgan fingerprint density at radius 3 is 2.50 bits per heavy atom. The van der Waals surface area contributed by atoms with Crippen molar-refractivity contribution in [2.45, 2.75) is 19.6 Å². The maximum atomic E-state index is 13.5. The second kappa shape index (κ2) is 5.65. The third-order valence-electron chi connectivity index (χ3n) is 2.85. The first-order chi connectivity index (χ1) is 8.72. The summed E-state index contributed by atoms with van der Waals surface area (Å²) in [5, 5.41) is 0. The molecule has 2 N–H and O–H groups in total. The van der Waals surface area contributed by atoms with Gasteiger partial charge in [0.15, 0.2) is 0 Å². The number of benzene rings is 2. The van der Waals surface area contributed by atoms with Crippen LogP contribution in [-0.4, -0.2) is 0 Å². The van der Waals surface area contributed by atoms with E-state index in [1.54, 1.807) is 12.1 Å². The third-order valence-corrected chi connectivity index (χ3v) is 2.85. The second-order valence-electron chi connectivity index (χ2n) is 4.09. The summed E-state index contributed by atoms with van der Waals surface area (Å²) in [5.74, 6) is 0.184. The molecule has 18 heavy (non-hydrogen) atoms. The lowest BCUT2D eigenvalue weighted by molar-refractivity contribution is 0.223. The van der Waals surface area contributed by atoms with Crippen molar-refractivity contribution in [3.05, 3.63) is 65.5 Å². The average Bonchev–Trinajstić information content (AvgIpc) is 2.40. The van der Waals surface area contributed by atoms with Crippen LogP contribution in [0.1, 0.15) is 24.2 Å². The summed E-state index contributed by atoms with van der Waals surface area (Å²) in [4.78, 5) is 0. The van der Waals surface area contributed by atoms with Gasteiger partial charge in [-0.15, -0.1) is 0 Å². The molecule has 0 amide bonds. The van der Waals surface area contributed by atoms with Crippen molar-refractivity contribution in [2.24, 2.45) is 5.73 Å². The number of hydrogen-bond donors (Lipinski definition) is 1. The van der Waals surface area contributed by atoms with E-state index >= 15 is 0 Å². The van der Waals surface area contributed by atoms with Crippen LogP contribution < -0.4 is 10.5 Å².